The Bertz CT molecular complexity index is 296. The molecule has 0 unspecified atom stereocenters. The third-order valence-electron chi connectivity index (χ3n) is 2.51. The van der Waals surface area contributed by atoms with Gasteiger partial charge in [0.05, 0.1) is 6.04 Å². The Morgan fingerprint density at radius 3 is 1.35 bits per heavy atom. The summed E-state index contributed by atoms with van der Waals surface area (Å²) >= 11 is 0. The van der Waals surface area contributed by atoms with Crippen molar-refractivity contribution in [3.8, 4) is 0 Å². The number of carbonyl (C=O) groups excluding carboxylic acids is 3. The van der Waals surface area contributed by atoms with Gasteiger partial charge in [-0.15, -0.1) is 0 Å². The molecule has 6 nitrogen and oxygen atoms in total. The van der Waals surface area contributed by atoms with Gasteiger partial charge in [-0.1, -0.05) is 34.1 Å². The molecule has 0 N–H and O–H groups in total. The molecular weight excluding hydrogens is 280 g/mol. The molecule has 0 aliphatic rings. The zero-order valence-corrected chi connectivity index (χ0v) is 13.7. The van der Waals surface area contributed by atoms with Gasteiger partial charge >= 0.3 is 8.80 Å². The van der Waals surface area contributed by atoms with Crippen molar-refractivity contribution in [2.45, 2.75) is 65.8 Å². The fraction of sp³-hybridized carbons (Fsp3) is 0.769. The highest BCUT2D eigenvalue weighted by Crippen LogP contribution is 2.21. The lowest BCUT2D eigenvalue weighted by molar-refractivity contribution is -0.150. The lowest BCUT2D eigenvalue weighted by Crippen LogP contribution is -2.50. The van der Waals surface area contributed by atoms with Crippen LogP contribution >= 0.6 is 0 Å². The van der Waals surface area contributed by atoms with Crippen LogP contribution in [0.4, 0.5) is 0 Å². The minimum absolute atomic E-state index is 0.133. The number of unbranched alkanes of at least 4 members (excludes halogenated alkanes) is 1. The van der Waals surface area contributed by atoms with E-state index in [1.165, 1.54) is 0 Å². The predicted octanol–water partition coefficient (Wildman–Crippen LogP) is 2.59. The summed E-state index contributed by atoms with van der Waals surface area (Å²) in [7, 11) is -3.62. The summed E-state index contributed by atoms with van der Waals surface area (Å²) < 4.78 is 15.7. The molecule has 7 heteroatoms. The summed E-state index contributed by atoms with van der Waals surface area (Å²) in [5, 5.41) is 0. The highest BCUT2D eigenvalue weighted by atomic mass is 28.4. The molecule has 20 heavy (non-hydrogen) atoms. The first-order chi connectivity index (χ1) is 9.42. The van der Waals surface area contributed by atoms with Crippen LogP contribution in [0.5, 0.6) is 0 Å². The van der Waals surface area contributed by atoms with Crippen molar-refractivity contribution in [1.29, 1.82) is 0 Å². The average molecular weight is 304 g/mol. The van der Waals surface area contributed by atoms with Crippen LogP contribution < -0.4 is 0 Å². The Labute approximate surface area is 121 Å². The molecule has 0 fully saturated rings. The van der Waals surface area contributed by atoms with Gasteiger partial charge in [-0.25, -0.2) is 0 Å². The normalized spacial score (nSPS) is 10.8. The Balaban J connectivity index is 5.18. The van der Waals surface area contributed by atoms with Crippen LogP contribution in [0.2, 0.25) is 6.04 Å². The second kappa shape index (κ2) is 9.52. The van der Waals surface area contributed by atoms with Gasteiger partial charge in [0, 0.05) is 19.3 Å². The quantitative estimate of drug-likeness (QED) is 0.609. The van der Waals surface area contributed by atoms with Crippen molar-refractivity contribution < 1.29 is 27.7 Å². The zero-order valence-electron chi connectivity index (χ0n) is 12.7. The number of carbonyl (C=O) groups is 3. The zero-order chi connectivity index (χ0) is 15.6. The summed E-state index contributed by atoms with van der Waals surface area (Å²) in [6, 6.07) is 0.271. The lowest BCUT2D eigenvalue weighted by atomic mass is 10.4. The molecule has 0 amide bonds. The molecular formula is C13H24O6Si. The second-order valence-corrected chi connectivity index (χ2v) is 6.75. The predicted molar refractivity (Wildman–Crippen MR) is 74.6 cm³/mol. The van der Waals surface area contributed by atoms with Gasteiger partial charge in [-0.05, 0) is 6.42 Å². The Morgan fingerprint density at radius 1 is 0.750 bits per heavy atom. The topological polar surface area (TPSA) is 78.9 Å². The minimum Gasteiger partial charge on any atom is -0.455 e. The molecule has 0 atom stereocenters. The summed E-state index contributed by atoms with van der Waals surface area (Å²) in [4.78, 5) is 34.7. The van der Waals surface area contributed by atoms with Gasteiger partial charge in [-0.3, -0.25) is 14.4 Å². The molecule has 0 aliphatic carbocycles. The van der Waals surface area contributed by atoms with E-state index in [1.54, 1.807) is 20.8 Å². The van der Waals surface area contributed by atoms with Gasteiger partial charge in [0.15, 0.2) is 0 Å². The summed E-state index contributed by atoms with van der Waals surface area (Å²) in [6.45, 7) is 6.84. The fourth-order valence-electron chi connectivity index (χ4n) is 1.35. The first-order valence-corrected chi connectivity index (χ1v) is 9.01. The fourth-order valence-corrected chi connectivity index (χ4v) is 4.04. The van der Waals surface area contributed by atoms with E-state index < -0.39 is 26.7 Å². The van der Waals surface area contributed by atoms with E-state index in [-0.39, 0.29) is 25.3 Å². The van der Waals surface area contributed by atoms with Gasteiger partial charge in [0.25, 0.3) is 17.9 Å². The first-order valence-electron chi connectivity index (χ1n) is 7.08. The molecule has 0 aliphatic heterocycles. The number of hydrogen-bond acceptors (Lipinski definition) is 6. The molecule has 0 saturated carbocycles. The van der Waals surface area contributed by atoms with E-state index in [1.807, 2.05) is 6.92 Å². The molecule has 0 aromatic heterocycles. The molecule has 0 spiro atoms. The van der Waals surface area contributed by atoms with Gasteiger partial charge in [-0.2, -0.15) is 0 Å². The first kappa shape index (κ1) is 18.6. The van der Waals surface area contributed by atoms with Crippen molar-refractivity contribution in [2.24, 2.45) is 0 Å². The molecule has 0 aromatic rings. The third kappa shape index (κ3) is 6.69. The molecule has 0 saturated heterocycles. The van der Waals surface area contributed by atoms with Crippen LogP contribution in [0, 0.1) is 0 Å². The van der Waals surface area contributed by atoms with Crippen LogP contribution in [0.25, 0.3) is 0 Å². The Morgan fingerprint density at radius 2 is 1.10 bits per heavy atom. The molecule has 0 radical (unpaired) electrons. The van der Waals surface area contributed by atoms with E-state index in [0.717, 1.165) is 6.42 Å². The maximum atomic E-state index is 11.6. The van der Waals surface area contributed by atoms with E-state index >= 15 is 0 Å². The second-order valence-electron chi connectivity index (χ2n) is 4.27. The summed E-state index contributed by atoms with van der Waals surface area (Å²) in [5.41, 5.74) is 0. The lowest BCUT2D eigenvalue weighted by Gasteiger charge is -2.27. The van der Waals surface area contributed by atoms with Crippen LogP contribution in [0.3, 0.4) is 0 Å². The van der Waals surface area contributed by atoms with Crippen LogP contribution in [0.15, 0.2) is 0 Å². The van der Waals surface area contributed by atoms with Crippen LogP contribution in [-0.2, 0) is 27.7 Å². The van der Waals surface area contributed by atoms with Crippen molar-refractivity contribution >= 4 is 26.7 Å². The van der Waals surface area contributed by atoms with Gasteiger partial charge < -0.3 is 13.3 Å². The standard InChI is InChI=1S/C13H24O6Si/c1-5-9-10-20(17-11(14)6-2,18-12(15)7-3)19-13(16)8-4/h5-10H2,1-4H3. The van der Waals surface area contributed by atoms with Crippen molar-refractivity contribution in [1.82, 2.24) is 0 Å². The summed E-state index contributed by atoms with van der Waals surface area (Å²) in [5.74, 6) is -1.58. The maximum Gasteiger partial charge on any atom is 0.705 e. The molecule has 0 bridgehead atoms. The number of hydrogen-bond donors (Lipinski definition) is 0. The smallest absolute Gasteiger partial charge is 0.455 e. The summed E-state index contributed by atoms with van der Waals surface area (Å²) in [6.07, 6.45) is 1.86. The maximum absolute atomic E-state index is 11.6. The SMILES string of the molecule is CCCC[Si](OC(=O)CC)(OC(=O)CC)OC(=O)CC. The Hall–Kier alpha value is -1.37. The van der Waals surface area contributed by atoms with Crippen molar-refractivity contribution in [3.63, 3.8) is 0 Å². The molecule has 0 heterocycles. The molecule has 116 valence electrons. The van der Waals surface area contributed by atoms with Gasteiger partial charge in [0.2, 0.25) is 0 Å². The molecule has 0 aromatic carbocycles. The highest BCUT2D eigenvalue weighted by molar-refractivity contribution is 6.65. The molecule has 0 rings (SSSR count). The largest absolute Gasteiger partial charge is 0.705 e. The van der Waals surface area contributed by atoms with Crippen molar-refractivity contribution in [2.75, 3.05) is 0 Å². The third-order valence-corrected chi connectivity index (χ3v) is 5.09. The van der Waals surface area contributed by atoms with E-state index in [4.69, 9.17) is 13.3 Å². The highest BCUT2D eigenvalue weighted by Gasteiger charge is 2.51. The van der Waals surface area contributed by atoms with E-state index in [0.29, 0.717) is 6.42 Å². The average Bonchev–Trinajstić information content (AvgIpc) is 2.44. The van der Waals surface area contributed by atoms with E-state index in [2.05, 4.69) is 0 Å². The van der Waals surface area contributed by atoms with Crippen LogP contribution in [0.1, 0.15) is 59.8 Å². The Kier molecular flexibility index (Phi) is 8.86. The van der Waals surface area contributed by atoms with Gasteiger partial charge in [0.1, 0.15) is 0 Å². The van der Waals surface area contributed by atoms with Crippen LogP contribution in [-0.4, -0.2) is 26.7 Å². The minimum atomic E-state index is -3.62. The monoisotopic (exact) mass is 304 g/mol. The van der Waals surface area contributed by atoms with E-state index in [9.17, 15) is 14.4 Å². The van der Waals surface area contributed by atoms with Crippen molar-refractivity contribution in [3.05, 3.63) is 0 Å². The number of rotatable bonds is 9.